The summed E-state index contributed by atoms with van der Waals surface area (Å²) in [4.78, 5) is 23.3. The lowest BCUT2D eigenvalue weighted by Crippen LogP contribution is -2.18. The largest absolute Gasteiger partial charge is 0.364 e. The highest BCUT2D eigenvalue weighted by atomic mass is 79.9. The van der Waals surface area contributed by atoms with Crippen molar-refractivity contribution in [3.05, 3.63) is 46.5 Å². The maximum Gasteiger partial charge on any atom is 0.268 e. The lowest BCUT2D eigenvalue weighted by molar-refractivity contribution is 0.0996. The molecule has 0 fully saturated rings. The van der Waals surface area contributed by atoms with Crippen LogP contribution in [0.3, 0.4) is 0 Å². The number of H-pyrrole nitrogens is 1. The van der Waals surface area contributed by atoms with E-state index >= 15 is 0 Å². The standard InChI is InChI=1S/C12H9BrN6O2/c13-7-3-16-19-5-6(1-2-9(7)19)12(21)17-8-4-15-18-10(8)11(14)20/h1-5H,(H2,14,20)(H,15,18)(H,17,21). The molecule has 9 heteroatoms. The number of carbonyl (C=O) groups excluding carboxylic acids is 2. The minimum absolute atomic E-state index is 0.0475. The van der Waals surface area contributed by atoms with Gasteiger partial charge in [0.2, 0.25) is 0 Å². The van der Waals surface area contributed by atoms with Gasteiger partial charge in [-0.2, -0.15) is 10.2 Å². The molecule has 0 unspecified atom stereocenters. The van der Waals surface area contributed by atoms with Gasteiger partial charge < -0.3 is 11.1 Å². The number of nitrogens with two attached hydrogens (primary N) is 1. The van der Waals surface area contributed by atoms with Gasteiger partial charge >= 0.3 is 0 Å². The molecule has 0 aromatic carbocycles. The summed E-state index contributed by atoms with van der Waals surface area (Å²) in [6.07, 6.45) is 4.54. The molecule has 0 atom stereocenters. The molecule has 3 aromatic heterocycles. The molecule has 106 valence electrons. The summed E-state index contributed by atoms with van der Waals surface area (Å²) in [5.74, 6) is -1.10. The first-order valence-electron chi connectivity index (χ1n) is 5.83. The van der Waals surface area contributed by atoms with E-state index in [0.717, 1.165) is 9.99 Å². The zero-order valence-corrected chi connectivity index (χ0v) is 12.1. The predicted octanol–water partition coefficient (Wildman–Crippen LogP) is 1.17. The number of amides is 2. The molecule has 4 N–H and O–H groups in total. The number of nitrogens with zero attached hydrogens (tertiary/aromatic N) is 3. The highest BCUT2D eigenvalue weighted by molar-refractivity contribution is 9.10. The summed E-state index contributed by atoms with van der Waals surface area (Å²) in [6.45, 7) is 0. The molecule has 0 spiro atoms. The molecule has 0 saturated heterocycles. The van der Waals surface area contributed by atoms with Crippen molar-refractivity contribution in [2.75, 3.05) is 5.32 Å². The van der Waals surface area contributed by atoms with Crippen molar-refractivity contribution in [2.45, 2.75) is 0 Å². The first kappa shape index (κ1) is 13.3. The number of fused-ring (bicyclic) bond motifs is 1. The zero-order chi connectivity index (χ0) is 15.0. The van der Waals surface area contributed by atoms with Gasteiger partial charge in [-0.15, -0.1) is 0 Å². The molecule has 3 heterocycles. The molecule has 0 aliphatic rings. The van der Waals surface area contributed by atoms with Crippen LogP contribution in [0.25, 0.3) is 5.52 Å². The van der Waals surface area contributed by atoms with E-state index < -0.39 is 11.8 Å². The summed E-state index contributed by atoms with van der Waals surface area (Å²) in [5.41, 5.74) is 6.67. The molecule has 0 aliphatic heterocycles. The SMILES string of the molecule is NC(=O)c1[nH]ncc1NC(=O)c1ccc2c(Br)cnn2c1. The van der Waals surface area contributed by atoms with Crippen molar-refractivity contribution in [1.29, 1.82) is 0 Å². The highest BCUT2D eigenvalue weighted by Gasteiger charge is 2.15. The minimum Gasteiger partial charge on any atom is -0.364 e. The molecule has 8 nitrogen and oxygen atoms in total. The number of carbonyl (C=O) groups is 2. The van der Waals surface area contributed by atoms with Gasteiger partial charge in [-0.05, 0) is 28.1 Å². The molecule has 0 aliphatic carbocycles. The van der Waals surface area contributed by atoms with Gasteiger partial charge in [0.1, 0.15) is 5.69 Å². The Morgan fingerprint density at radius 1 is 1.33 bits per heavy atom. The van der Waals surface area contributed by atoms with Crippen LogP contribution < -0.4 is 11.1 Å². The number of primary amides is 1. The Balaban J connectivity index is 1.90. The summed E-state index contributed by atoms with van der Waals surface area (Å²) in [6, 6.07) is 3.41. The van der Waals surface area contributed by atoms with Crippen LogP contribution >= 0.6 is 15.9 Å². The van der Waals surface area contributed by atoms with Crippen molar-refractivity contribution in [3.63, 3.8) is 0 Å². The summed E-state index contributed by atoms with van der Waals surface area (Å²) >= 11 is 3.35. The molecule has 3 rings (SSSR count). The topological polar surface area (TPSA) is 118 Å². The van der Waals surface area contributed by atoms with Crippen LogP contribution in [0.1, 0.15) is 20.8 Å². The average molecular weight is 349 g/mol. The maximum absolute atomic E-state index is 12.2. The quantitative estimate of drug-likeness (QED) is 0.658. The van der Waals surface area contributed by atoms with Crippen molar-refractivity contribution in [2.24, 2.45) is 5.73 Å². The number of halogens is 1. The summed E-state index contributed by atoms with van der Waals surface area (Å²) in [7, 11) is 0. The first-order valence-corrected chi connectivity index (χ1v) is 6.63. The first-order chi connectivity index (χ1) is 10.1. The lowest BCUT2D eigenvalue weighted by atomic mass is 10.2. The molecule has 3 aromatic rings. The van der Waals surface area contributed by atoms with E-state index in [1.807, 2.05) is 0 Å². The van der Waals surface area contributed by atoms with Gasteiger partial charge in [-0.1, -0.05) is 0 Å². The summed E-state index contributed by atoms with van der Waals surface area (Å²) in [5, 5.41) is 12.8. The number of anilines is 1. The molecule has 0 radical (unpaired) electrons. The lowest BCUT2D eigenvalue weighted by Gasteiger charge is -2.04. The van der Waals surface area contributed by atoms with Crippen molar-refractivity contribution in [3.8, 4) is 0 Å². The third-order valence-corrected chi connectivity index (χ3v) is 3.48. The van der Waals surface area contributed by atoms with Crippen molar-refractivity contribution in [1.82, 2.24) is 19.8 Å². The van der Waals surface area contributed by atoms with E-state index in [-0.39, 0.29) is 11.4 Å². The Kier molecular flexibility index (Phi) is 3.18. The summed E-state index contributed by atoms with van der Waals surface area (Å²) < 4.78 is 2.41. The third kappa shape index (κ3) is 2.38. The normalized spacial score (nSPS) is 10.7. The molecule has 21 heavy (non-hydrogen) atoms. The molecule has 0 saturated carbocycles. The fourth-order valence-electron chi connectivity index (χ4n) is 1.85. The van der Waals surface area contributed by atoms with Crippen LogP contribution in [-0.4, -0.2) is 31.6 Å². The van der Waals surface area contributed by atoms with Gasteiger partial charge in [0, 0.05) is 6.20 Å². The Morgan fingerprint density at radius 3 is 2.90 bits per heavy atom. The van der Waals surface area contributed by atoms with Gasteiger partial charge in [0.25, 0.3) is 11.8 Å². The maximum atomic E-state index is 12.2. The van der Waals surface area contributed by atoms with Crippen LogP contribution in [0, 0.1) is 0 Å². The van der Waals surface area contributed by atoms with Gasteiger partial charge in [0.15, 0.2) is 0 Å². The second kappa shape index (κ2) is 5.02. The number of nitrogens with one attached hydrogen (secondary N) is 2. The van der Waals surface area contributed by atoms with Crippen LogP contribution in [0.5, 0.6) is 0 Å². The number of hydrogen-bond donors (Lipinski definition) is 3. The fourth-order valence-corrected chi connectivity index (χ4v) is 2.26. The number of aromatic amines is 1. The third-order valence-electron chi connectivity index (χ3n) is 2.87. The second-order valence-electron chi connectivity index (χ2n) is 4.22. The average Bonchev–Trinajstić information content (AvgIpc) is 3.06. The van der Waals surface area contributed by atoms with Crippen molar-refractivity contribution >= 4 is 38.9 Å². The molecular weight excluding hydrogens is 340 g/mol. The number of hydrogen-bond acceptors (Lipinski definition) is 4. The van der Waals surface area contributed by atoms with Crippen LogP contribution in [0.15, 0.2) is 35.2 Å². The Morgan fingerprint density at radius 2 is 2.14 bits per heavy atom. The Labute approximate surface area is 126 Å². The van der Waals surface area contributed by atoms with Crippen molar-refractivity contribution < 1.29 is 9.59 Å². The van der Waals surface area contributed by atoms with E-state index in [1.165, 1.54) is 6.20 Å². The van der Waals surface area contributed by atoms with Crippen LogP contribution in [-0.2, 0) is 0 Å². The van der Waals surface area contributed by atoms with Gasteiger partial charge in [-0.25, -0.2) is 4.52 Å². The van der Waals surface area contributed by atoms with E-state index in [0.29, 0.717) is 5.56 Å². The number of rotatable bonds is 3. The zero-order valence-electron chi connectivity index (χ0n) is 10.5. The smallest absolute Gasteiger partial charge is 0.268 e. The van der Waals surface area contributed by atoms with E-state index in [4.69, 9.17) is 5.73 Å². The van der Waals surface area contributed by atoms with E-state index in [1.54, 1.807) is 29.0 Å². The molecule has 0 bridgehead atoms. The predicted molar refractivity (Wildman–Crippen MR) is 78.0 cm³/mol. The number of aromatic nitrogens is 4. The second-order valence-corrected chi connectivity index (χ2v) is 5.07. The molecular formula is C12H9BrN6O2. The fraction of sp³-hybridized carbons (Fsp3) is 0. The monoisotopic (exact) mass is 348 g/mol. The Hall–Kier alpha value is -2.68. The van der Waals surface area contributed by atoms with Crippen LogP contribution in [0.4, 0.5) is 5.69 Å². The van der Waals surface area contributed by atoms with E-state index in [2.05, 4.69) is 36.5 Å². The molecule has 2 amide bonds. The highest BCUT2D eigenvalue weighted by Crippen LogP contribution is 2.18. The van der Waals surface area contributed by atoms with Crippen LogP contribution in [0.2, 0.25) is 0 Å². The number of pyridine rings is 1. The Bertz CT molecular complexity index is 852. The van der Waals surface area contributed by atoms with Gasteiger partial charge in [0.05, 0.1) is 33.6 Å². The minimum atomic E-state index is -0.700. The van der Waals surface area contributed by atoms with E-state index in [9.17, 15) is 9.59 Å². The van der Waals surface area contributed by atoms with Gasteiger partial charge in [-0.3, -0.25) is 14.7 Å².